The minimum atomic E-state index is 0.760. The van der Waals surface area contributed by atoms with E-state index in [0.717, 1.165) is 24.4 Å². The lowest BCUT2D eigenvalue weighted by Crippen LogP contribution is -2.32. The molecule has 1 fully saturated rings. The monoisotopic (exact) mass is 195 g/mol. The maximum Gasteiger partial charge on any atom is 0.0140 e. The molecule has 0 saturated heterocycles. The summed E-state index contributed by atoms with van der Waals surface area (Å²) in [5.41, 5.74) is 1.41. The van der Waals surface area contributed by atoms with E-state index in [9.17, 15) is 0 Å². The highest BCUT2D eigenvalue weighted by Crippen LogP contribution is 2.33. The number of hydrogen-bond acceptors (Lipinski definition) is 1. The van der Waals surface area contributed by atoms with Gasteiger partial charge in [0.1, 0.15) is 0 Å². The molecule has 1 N–H and O–H groups in total. The zero-order chi connectivity index (χ0) is 10.6. The van der Waals surface area contributed by atoms with Crippen LogP contribution in [0.15, 0.2) is 11.6 Å². The van der Waals surface area contributed by atoms with Crippen molar-refractivity contribution in [3.05, 3.63) is 11.6 Å². The van der Waals surface area contributed by atoms with Crippen molar-refractivity contribution in [1.29, 1.82) is 0 Å². The Morgan fingerprint density at radius 2 is 2.07 bits per heavy atom. The predicted molar refractivity (Wildman–Crippen MR) is 63.4 cm³/mol. The molecule has 1 saturated carbocycles. The van der Waals surface area contributed by atoms with Crippen molar-refractivity contribution < 1.29 is 0 Å². The van der Waals surface area contributed by atoms with Gasteiger partial charge in [0.25, 0.3) is 0 Å². The molecule has 82 valence electrons. The molecule has 1 aliphatic rings. The van der Waals surface area contributed by atoms with Crippen LogP contribution < -0.4 is 5.32 Å². The lowest BCUT2D eigenvalue weighted by Gasteiger charge is -2.20. The van der Waals surface area contributed by atoms with E-state index < -0.39 is 0 Å². The smallest absolute Gasteiger partial charge is 0.0140 e. The van der Waals surface area contributed by atoms with Gasteiger partial charge in [0.15, 0.2) is 0 Å². The van der Waals surface area contributed by atoms with Gasteiger partial charge in [-0.2, -0.15) is 0 Å². The summed E-state index contributed by atoms with van der Waals surface area (Å²) in [5.74, 6) is 1.82. The van der Waals surface area contributed by atoms with Crippen LogP contribution in [-0.4, -0.2) is 12.6 Å². The second-order valence-electron chi connectivity index (χ2n) is 4.90. The van der Waals surface area contributed by atoms with Gasteiger partial charge in [-0.1, -0.05) is 31.9 Å². The van der Waals surface area contributed by atoms with E-state index in [1.54, 1.807) is 0 Å². The van der Waals surface area contributed by atoms with Gasteiger partial charge in [-0.15, -0.1) is 0 Å². The molecule has 0 aromatic heterocycles. The van der Waals surface area contributed by atoms with Crippen LogP contribution in [0.4, 0.5) is 0 Å². The molecule has 3 unspecified atom stereocenters. The lowest BCUT2D eigenvalue weighted by molar-refractivity contribution is 0.352. The fraction of sp³-hybridized carbons (Fsp3) is 0.846. The van der Waals surface area contributed by atoms with E-state index in [0.29, 0.717) is 0 Å². The van der Waals surface area contributed by atoms with Crippen molar-refractivity contribution in [3.8, 4) is 0 Å². The molecule has 1 aliphatic carbocycles. The fourth-order valence-corrected chi connectivity index (χ4v) is 2.53. The summed E-state index contributed by atoms with van der Waals surface area (Å²) in [4.78, 5) is 0. The summed E-state index contributed by atoms with van der Waals surface area (Å²) < 4.78 is 0. The van der Waals surface area contributed by atoms with Gasteiger partial charge in [0.2, 0.25) is 0 Å². The van der Waals surface area contributed by atoms with Crippen LogP contribution in [0.25, 0.3) is 0 Å². The second kappa shape index (κ2) is 5.55. The van der Waals surface area contributed by atoms with Crippen LogP contribution in [0.1, 0.15) is 47.0 Å². The predicted octanol–water partition coefficient (Wildman–Crippen LogP) is 3.37. The van der Waals surface area contributed by atoms with E-state index in [4.69, 9.17) is 0 Å². The third-order valence-corrected chi connectivity index (χ3v) is 3.64. The summed E-state index contributed by atoms with van der Waals surface area (Å²) >= 11 is 0. The summed E-state index contributed by atoms with van der Waals surface area (Å²) in [6.45, 7) is 10.1. The van der Waals surface area contributed by atoms with Gasteiger partial charge in [-0.05, 0) is 38.5 Å². The quantitative estimate of drug-likeness (QED) is 0.678. The van der Waals surface area contributed by atoms with Gasteiger partial charge in [-0.3, -0.25) is 0 Å². The molecule has 0 aromatic rings. The van der Waals surface area contributed by atoms with Gasteiger partial charge < -0.3 is 5.32 Å². The number of rotatable bonds is 4. The third-order valence-electron chi connectivity index (χ3n) is 3.64. The third kappa shape index (κ3) is 3.13. The Labute approximate surface area is 89.0 Å². The van der Waals surface area contributed by atoms with Crippen LogP contribution in [0.5, 0.6) is 0 Å². The molecule has 3 atom stereocenters. The molecule has 0 amide bonds. The van der Waals surface area contributed by atoms with Crippen LogP contribution >= 0.6 is 0 Å². The Morgan fingerprint density at radius 1 is 1.36 bits per heavy atom. The molecule has 0 aromatic carbocycles. The molecular formula is C13H25N. The zero-order valence-corrected chi connectivity index (χ0v) is 10.1. The zero-order valence-electron chi connectivity index (χ0n) is 10.1. The van der Waals surface area contributed by atoms with Gasteiger partial charge in [0.05, 0.1) is 0 Å². The van der Waals surface area contributed by atoms with Gasteiger partial charge in [0, 0.05) is 12.6 Å². The summed E-state index contributed by atoms with van der Waals surface area (Å²) in [7, 11) is 0. The van der Waals surface area contributed by atoms with Crippen LogP contribution in [0, 0.1) is 11.8 Å². The average molecular weight is 195 g/mol. The highest BCUT2D eigenvalue weighted by atomic mass is 14.9. The maximum absolute atomic E-state index is 3.65. The summed E-state index contributed by atoms with van der Waals surface area (Å²) in [6.07, 6.45) is 6.43. The Kier molecular flexibility index (Phi) is 4.67. The minimum absolute atomic E-state index is 0.760. The molecular weight excluding hydrogens is 170 g/mol. The minimum Gasteiger partial charge on any atom is -0.310 e. The average Bonchev–Trinajstić information content (AvgIpc) is 2.47. The Balaban J connectivity index is 2.29. The van der Waals surface area contributed by atoms with Crippen LogP contribution in [0.3, 0.4) is 0 Å². The molecule has 1 rings (SSSR count). The SMILES string of the molecule is CCC1CCC(NCC=C(C)C)C1C. The van der Waals surface area contributed by atoms with E-state index in [1.807, 2.05) is 0 Å². The van der Waals surface area contributed by atoms with Crippen LogP contribution in [-0.2, 0) is 0 Å². The van der Waals surface area contributed by atoms with Crippen molar-refractivity contribution >= 4 is 0 Å². The topological polar surface area (TPSA) is 12.0 Å². The standard InChI is InChI=1S/C13H25N/c1-5-12-6-7-13(11(12)4)14-9-8-10(2)3/h8,11-14H,5-7,9H2,1-4H3. The summed E-state index contributed by atoms with van der Waals surface area (Å²) in [5, 5.41) is 3.65. The van der Waals surface area contributed by atoms with E-state index in [2.05, 4.69) is 39.1 Å². The van der Waals surface area contributed by atoms with Crippen molar-refractivity contribution in [2.45, 2.75) is 53.0 Å². The Bertz CT molecular complexity index is 191. The van der Waals surface area contributed by atoms with Crippen molar-refractivity contribution in [2.24, 2.45) is 11.8 Å². The first kappa shape index (κ1) is 11.8. The van der Waals surface area contributed by atoms with Gasteiger partial charge in [-0.25, -0.2) is 0 Å². The molecule has 0 bridgehead atoms. The molecule has 0 heterocycles. The first-order chi connectivity index (χ1) is 6.65. The van der Waals surface area contributed by atoms with Gasteiger partial charge >= 0.3 is 0 Å². The van der Waals surface area contributed by atoms with Crippen molar-refractivity contribution in [2.75, 3.05) is 6.54 Å². The Hall–Kier alpha value is -0.300. The normalized spacial score (nSPS) is 31.9. The molecule has 14 heavy (non-hydrogen) atoms. The van der Waals surface area contributed by atoms with Crippen LogP contribution in [0.2, 0.25) is 0 Å². The molecule has 0 spiro atoms. The number of nitrogens with one attached hydrogen (secondary N) is 1. The maximum atomic E-state index is 3.65. The molecule has 1 heteroatoms. The first-order valence-corrected chi connectivity index (χ1v) is 6.02. The largest absolute Gasteiger partial charge is 0.310 e. The van der Waals surface area contributed by atoms with E-state index in [-0.39, 0.29) is 0 Å². The molecule has 0 radical (unpaired) electrons. The number of hydrogen-bond donors (Lipinski definition) is 1. The summed E-state index contributed by atoms with van der Waals surface area (Å²) in [6, 6.07) is 0.760. The first-order valence-electron chi connectivity index (χ1n) is 6.02. The Morgan fingerprint density at radius 3 is 2.57 bits per heavy atom. The fourth-order valence-electron chi connectivity index (χ4n) is 2.53. The molecule has 0 aliphatic heterocycles. The highest BCUT2D eigenvalue weighted by molar-refractivity contribution is 4.96. The second-order valence-corrected chi connectivity index (χ2v) is 4.90. The van der Waals surface area contributed by atoms with Crippen molar-refractivity contribution in [1.82, 2.24) is 5.32 Å². The van der Waals surface area contributed by atoms with E-state index in [1.165, 1.54) is 24.8 Å². The van der Waals surface area contributed by atoms with E-state index >= 15 is 0 Å². The molecule has 1 nitrogen and oxygen atoms in total. The lowest BCUT2D eigenvalue weighted by atomic mass is 9.93. The number of allylic oxidation sites excluding steroid dienone is 1. The van der Waals surface area contributed by atoms with Crippen molar-refractivity contribution in [3.63, 3.8) is 0 Å². The highest BCUT2D eigenvalue weighted by Gasteiger charge is 2.30.